The minimum atomic E-state index is -0.0600. The van der Waals surface area contributed by atoms with Gasteiger partial charge in [0, 0.05) is 45.6 Å². The van der Waals surface area contributed by atoms with E-state index < -0.39 is 0 Å². The molecule has 106 valence electrons. The van der Waals surface area contributed by atoms with Crippen LogP contribution in [0.4, 0.5) is 5.95 Å². The van der Waals surface area contributed by atoms with Gasteiger partial charge in [-0.3, -0.25) is 4.79 Å². The Hall–Kier alpha value is -1.76. The molecule has 0 unspecified atom stereocenters. The van der Waals surface area contributed by atoms with Crippen molar-refractivity contribution in [2.75, 3.05) is 31.1 Å². The Balaban J connectivity index is 1.64. The number of rotatable bonds is 2. The number of piperazine rings is 1. The first-order valence-corrected chi connectivity index (χ1v) is 7.21. The van der Waals surface area contributed by atoms with Crippen molar-refractivity contribution in [3.05, 3.63) is 35.0 Å². The highest BCUT2D eigenvalue weighted by molar-refractivity contribution is 9.10. The molecule has 0 saturated carbocycles. The second kappa shape index (κ2) is 5.32. The van der Waals surface area contributed by atoms with E-state index in [1.807, 2.05) is 22.7 Å². The van der Waals surface area contributed by atoms with Crippen LogP contribution < -0.4 is 4.90 Å². The first-order valence-electron chi connectivity index (χ1n) is 6.42. The van der Waals surface area contributed by atoms with Gasteiger partial charge in [0.2, 0.25) is 5.95 Å². The van der Waals surface area contributed by atoms with E-state index >= 15 is 0 Å². The summed E-state index contributed by atoms with van der Waals surface area (Å²) in [5.74, 6) is 1.26. The van der Waals surface area contributed by atoms with Gasteiger partial charge in [-0.15, -0.1) is 0 Å². The number of carbonyl (C=O) groups excluding carboxylic acids is 1. The molecule has 1 saturated heterocycles. The third kappa shape index (κ3) is 2.45. The number of carbonyl (C=O) groups is 1. The van der Waals surface area contributed by atoms with Gasteiger partial charge in [-0.25, -0.2) is 4.98 Å². The highest BCUT2D eigenvalue weighted by atomic mass is 79.9. The Labute approximate surface area is 125 Å². The number of anilines is 1. The minimum absolute atomic E-state index is 0.0600. The van der Waals surface area contributed by atoms with Crippen LogP contribution in [0.25, 0.3) is 0 Å². The summed E-state index contributed by atoms with van der Waals surface area (Å²) in [4.78, 5) is 20.6. The molecule has 0 bridgehead atoms. The molecule has 2 aromatic heterocycles. The number of aryl methyl sites for hydroxylation is 1. The zero-order valence-electron chi connectivity index (χ0n) is 11.1. The molecular weight excluding hydrogens is 324 g/mol. The second-order valence-corrected chi connectivity index (χ2v) is 5.50. The molecule has 3 rings (SSSR count). The molecule has 1 aliphatic heterocycles. The zero-order valence-corrected chi connectivity index (χ0v) is 12.7. The lowest BCUT2D eigenvalue weighted by Gasteiger charge is -2.34. The summed E-state index contributed by atoms with van der Waals surface area (Å²) in [6.45, 7) is 2.89. The lowest BCUT2D eigenvalue weighted by Crippen LogP contribution is -2.49. The maximum absolute atomic E-state index is 12.2. The number of nitrogens with zero attached hydrogens (tertiary/aromatic N) is 4. The SMILES string of the molecule is Cn1ccnc1N1CCN(C(=O)c2ccc(Br)o2)CC1. The van der Waals surface area contributed by atoms with Crippen LogP contribution in [0.1, 0.15) is 10.6 Å². The van der Waals surface area contributed by atoms with Crippen molar-refractivity contribution in [2.45, 2.75) is 0 Å². The van der Waals surface area contributed by atoms with Crippen LogP contribution in [0.15, 0.2) is 33.6 Å². The lowest BCUT2D eigenvalue weighted by molar-refractivity contribution is 0.0712. The molecule has 1 fully saturated rings. The Morgan fingerprint density at radius 1 is 1.30 bits per heavy atom. The van der Waals surface area contributed by atoms with Crippen LogP contribution in [0.3, 0.4) is 0 Å². The van der Waals surface area contributed by atoms with Gasteiger partial charge in [-0.1, -0.05) is 0 Å². The van der Waals surface area contributed by atoms with Crippen LogP contribution in [0, 0.1) is 0 Å². The fraction of sp³-hybridized carbons (Fsp3) is 0.385. The van der Waals surface area contributed by atoms with Crippen molar-refractivity contribution in [1.29, 1.82) is 0 Å². The summed E-state index contributed by atoms with van der Waals surface area (Å²) < 4.78 is 7.88. The van der Waals surface area contributed by atoms with E-state index in [1.54, 1.807) is 18.3 Å². The van der Waals surface area contributed by atoms with Crippen molar-refractivity contribution in [3.8, 4) is 0 Å². The van der Waals surface area contributed by atoms with Gasteiger partial charge in [0.25, 0.3) is 5.91 Å². The number of furan rings is 1. The third-order valence-electron chi connectivity index (χ3n) is 3.43. The lowest BCUT2D eigenvalue weighted by atomic mass is 10.3. The summed E-state index contributed by atoms with van der Waals surface area (Å²) in [5, 5.41) is 0. The monoisotopic (exact) mass is 338 g/mol. The minimum Gasteiger partial charge on any atom is -0.444 e. The van der Waals surface area contributed by atoms with Crippen molar-refractivity contribution >= 4 is 27.8 Å². The fourth-order valence-electron chi connectivity index (χ4n) is 2.36. The highest BCUT2D eigenvalue weighted by Crippen LogP contribution is 2.18. The van der Waals surface area contributed by atoms with Crippen molar-refractivity contribution in [2.24, 2.45) is 7.05 Å². The Bertz CT molecular complexity index is 613. The Morgan fingerprint density at radius 2 is 2.05 bits per heavy atom. The molecule has 0 radical (unpaired) electrons. The van der Waals surface area contributed by atoms with Crippen LogP contribution in [0.5, 0.6) is 0 Å². The number of hydrogen-bond acceptors (Lipinski definition) is 4. The molecule has 6 nitrogen and oxygen atoms in total. The largest absolute Gasteiger partial charge is 0.444 e. The van der Waals surface area contributed by atoms with E-state index in [9.17, 15) is 4.79 Å². The summed E-state index contributed by atoms with van der Waals surface area (Å²) >= 11 is 3.21. The molecular formula is C13H15BrN4O2. The van der Waals surface area contributed by atoms with Crippen molar-refractivity contribution < 1.29 is 9.21 Å². The molecule has 1 aliphatic rings. The normalized spacial score (nSPS) is 15.7. The Morgan fingerprint density at radius 3 is 2.60 bits per heavy atom. The fourth-order valence-corrected chi connectivity index (χ4v) is 2.66. The predicted octanol–water partition coefficient (Wildman–Crippen LogP) is 1.74. The molecule has 0 aliphatic carbocycles. The van der Waals surface area contributed by atoms with Crippen LogP contribution in [0.2, 0.25) is 0 Å². The van der Waals surface area contributed by atoms with Crippen molar-refractivity contribution in [1.82, 2.24) is 14.5 Å². The predicted molar refractivity (Wildman–Crippen MR) is 77.7 cm³/mol. The Kier molecular flexibility index (Phi) is 3.52. The molecule has 3 heterocycles. The zero-order chi connectivity index (χ0) is 14.1. The van der Waals surface area contributed by atoms with Crippen LogP contribution >= 0.6 is 15.9 Å². The number of imidazole rings is 1. The first kappa shape index (κ1) is 13.2. The van der Waals surface area contributed by atoms with E-state index in [2.05, 4.69) is 25.8 Å². The van der Waals surface area contributed by atoms with E-state index in [4.69, 9.17) is 4.42 Å². The number of amides is 1. The maximum Gasteiger partial charge on any atom is 0.289 e. The maximum atomic E-state index is 12.2. The molecule has 0 aromatic carbocycles. The molecule has 7 heteroatoms. The van der Waals surface area contributed by atoms with E-state index in [0.717, 1.165) is 19.0 Å². The van der Waals surface area contributed by atoms with Gasteiger partial charge in [0.15, 0.2) is 10.4 Å². The van der Waals surface area contributed by atoms with Gasteiger partial charge in [0.1, 0.15) is 0 Å². The second-order valence-electron chi connectivity index (χ2n) is 4.72. The van der Waals surface area contributed by atoms with Gasteiger partial charge in [-0.2, -0.15) is 0 Å². The van der Waals surface area contributed by atoms with Crippen molar-refractivity contribution in [3.63, 3.8) is 0 Å². The average Bonchev–Trinajstić information content (AvgIpc) is 3.07. The topological polar surface area (TPSA) is 54.5 Å². The smallest absolute Gasteiger partial charge is 0.289 e. The van der Waals surface area contributed by atoms with Gasteiger partial charge < -0.3 is 18.8 Å². The molecule has 1 amide bonds. The summed E-state index contributed by atoms with van der Waals surface area (Å²) in [5.41, 5.74) is 0. The van der Waals surface area contributed by atoms with Gasteiger partial charge >= 0.3 is 0 Å². The summed E-state index contributed by atoms with van der Waals surface area (Å²) in [6, 6.07) is 3.43. The van der Waals surface area contributed by atoms with Gasteiger partial charge in [0.05, 0.1) is 0 Å². The van der Waals surface area contributed by atoms with E-state index in [1.165, 1.54) is 0 Å². The van der Waals surface area contributed by atoms with E-state index in [-0.39, 0.29) is 5.91 Å². The molecule has 0 N–H and O–H groups in total. The van der Waals surface area contributed by atoms with Crippen LogP contribution in [-0.2, 0) is 7.05 Å². The summed E-state index contributed by atoms with van der Waals surface area (Å²) in [6.07, 6.45) is 3.71. The number of halogens is 1. The molecule has 0 spiro atoms. The molecule has 0 atom stereocenters. The van der Waals surface area contributed by atoms with Crippen LogP contribution in [-0.4, -0.2) is 46.5 Å². The number of aromatic nitrogens is 2. The van der Waals surface area contributed by atoms with Gasteiger partial charge in [-0.05, 0) is 28.1 Å². The summed E-state index contributed by atoms with van der Waals surface area (Å²) in [7, 11) is 1.97. The quantitative estimate of drug-likeness (QED) is 0.836. The standard InChI is InChI=1S/C13H15BrN4O2/c1-16-5-4-15-13(16)18-8-6-17(7-9-18)12(19)10-2-3-11(14)20-10/h2-5H,6-9H2,1H3. The first-order chi connectivity index (χ1) is 9.65. The molecule has 2 aromatic rings. The van der Waals surface area contributed by atoms with E-state index in [0.29, 0.717) is 23.5 Å². The highest BCUT2D eigenvalue weighted by Gasteiger charge is 2.25. The molecule has 20 heavy (non-hydrogen) atoms. The average molecular weight is 339 g/mol. The third-order valence-corrected chi connectivity index (χ3v) is 3.86. The number of hydrogen-bond donors (Lipinski definition) is 0.